The van der Waals surface area contributed by atoms with Gasteiger partial charge in [0.15, 0.2) is 0 Å². The van der Waals surface area contributed by atoms with Crippen molar-refractivity contribution < 1.29 is 24.5 Å². The molecule has 2 atom stereocenters. The summed E-state index contributed by atoms with van der Waals surface area (Å²) < 4.78 is 5.51. The van der Waals surface area contributed by atoms with Crippen LogP contribution in [0.5, 0.6) is 0 Å². The van der Waals surface area contributed by atoms with Crippen molar-refractivity contribution >= 4 is 11.9 Å². The number of amides is 1. The molecule has 0 aliphatic heterocycles. The normalized spacial score (nSPS) is 12.4. The molecule has 6 heteroatoms. The van der Waals surface area contributed by atoms with Gasteiger partial charge in [-0.15, -0.1) is 0 Å². The van der Waals surface area contributed by atoms with E-state index in [2.05, 4.69) is 19.2 Å². The summed E-state index contributed by atoms with van der Waals surface area (Å²) in [6, 6.07) is -0.538. The summed E-state index contributed by atoms with van der Waals surface area (Å²) in [5, 5.41) is 23.4. The first-order valence-corrected chi connectivity index (χ1v) is 39.3. The first-order chi connectivity index (χ1) is 41.5. The van der Waals surface area contributed by atoms with E-state index in [-0.39, 0.29) is 18.5 Å². The Balaban J connectivity index is 3.30. The lowest BCUT2D eigenvalue weighted by Gasteiger charge is -2.22. The first-order valence-electron chi connectivity index (χ1n) is 39.3. The van der Waals surface area contributed by atoms with Crippen LogP contribution < -0.4 is 5.32 Å². The summed E-state index contributed by atoms with van der Waals surface area (Å²) in [6.45, 7) is 5.02. The molecular weight excluding hydrogens is 1030 g/mol. The van der Waals surface area contributed by atoms with Gasteiger partial charge < -0.3 is 20.3 Å². The van der Waals surface area contributed by atoms with Gasteiger partial charge in [0.25, 0.3) is 0 Å². The molecule has 0 aromatic rings. The Hall–Kier alpha value is -1.14. The Bertz CT molecular complexity index is 1230. The van der Waals surface area contributed by atoms with E-state index in [1.165, 1.54) is 392 Å². The maximum absolute atomic E-state index is 12.6. The van der Waals surface area contributed by atoms with Crippen molar-refractivity contribution in [3.8, 4) is 0 Å². The molecule has 3 N–H and O–H groups in total. The highest BCUT2D eigenvalue weighted by molar-refractivity contribution is 5.76. The van der Waals surface area contributed by atoms with Crippen LogP contribution in [0.2, 0.25) is 0 Å². The average Bonchev–Trinajstić information content (AvgIpc) is 3.50. The van der Waals surface area contributed by atoms with Crippen LogP contribution in [0.1, 0.15) is 463 Å². The third-order valence-electron chi connectivity index (χ3n) is 18.9. The van der Waals surface area contributed by atoms with Gasteiger partial charge in [0.05, 0.1) is 25.4 Å². The fourth-order valence-corrected chi connectivity index (χ4v) is 12.9. The van der Waals surface area contributed by atoms with E-state index in [1.807, 2.05) is 0 Å². The minimum absolute atomic E-state index is 0.0249. The highest BCUT2D eigenvalue weighted by Gasteiger charge is 2.20. The summed E-state index contributed by atoms with van der Waals surface area (Å²) in [5.41, 5.74) is 0. The largest absolute Gasteiger partial charge is 0.466 e. The van der Waals surface area contributed by atoms with Crippen LogP contribution in [0.25, 0.3) is 0 Å². The van der Waals surface area contributed by atoms with E-state index in [4.69, 9.17) is 4.74 Å². The minimum atomic E-state index is -0.661. The second kappa shape index (κ2) is 74.3. The molecule has 502 valence electrons. The van der Waals surface area contributed by atoms with Crippen molar-refractivity contribution in [1.29, 1.82) is 0 Å². The van der Waals surface area contributed by atoms with Gasteiger partial charge in [0, 0.05) is 12.8 Å². The molecule has 0 saturated carbocycles. The summed E-state index contributed by atoms with van der Waals surface area (Å²) >= 11 is 0. The van der Waals surface area contributed by atoms with Crippen LogP contribution in [-0.4, -0.2) is 47.4 Å². The number of hydrogen-bond acceptors (Lipinski definition) is 5. The first kappa shape index (κ1) is 82.9. The lowest BCUT2D eigenvalue weighted by Crippen LogP contribution is -2.45. The van der Waals surface area contributed by atoms with E-state index in [9.17, 15) is 19.8 Å². The van der Waals surface area contributed by atoms with Crippen molar-refractivity contribution in [1.82, 2.24) is 5.32 Å². The molecule has 1 amide bonds. The van der Waals surface area contributed by atoms with Gasteiger partial charge in [-0.05, 0) is 25.7 Å². The monoisotopic (exact) mass is 1190 g/mol. The van der Waals surface area contributed by atoms with Crippen LogP contribution in [0.15, 0.2) is 0 Å². The van der Waals surface area contributed by atoms with Crippen molar-refractivity contribution in [2.45, 2.75) is 475 Å². The van der Waals surface area contributed by atoms with Gasteiger partial charge in [-0.3, -0.25) is 9.59 Å². The van der Waals surface area contributed by atoms with Gasteiger partial charge in [-0.1, -0.05) is 425 Å². The van der Waals surface area contributed by atoms with E-state index in [0.29, 0.717) is 25.9 Å². The molecule has 0 heterocycles. The highest BCUT2D eigenvalue weighted by Crippen LogP contribution is 2.21. The molecule has 0 rings (SSSR count). The molecule has 0 fully saturated rings. The van der Waals surface area contributed by atoms with Crippen LogP contribution in [0, 0.1) is 0 Å². The van der Waals surface area contributed by atoms with Gasteiger partial charge in [-0.2, -0.15) is 0 Å². The molecule has 2 unspecified atom stereocenters. The zero-order chi connectivity index (χ0) is 60.6. The topological polar surface area (TPSA) is 95.9 Å². The number of nitrogens with one attached hydrogen (secondary N) is 1. The Labute approximate surface area is 527 Å². The Morgan fingerprint density at radius 1 is 0.286 bits per heavy atom. The van der Waals surface area contributed by atoms with E-state index < -0.39 is 12.1 Å². The van der Waals surface area contributed by atoms with Gasteiger partial charge >= 0.3 is 5.97 Å². The van der Waals surface area contributed by atoms with Gasteiger partial charge in [0.1, 0.15) is 0 Å². The number of aliphatic hydroxyl groups excluding tert-OH is 2. The van der Waals surface area contributed by atoms with Crippen LogP contribution >= 0.6 is 0 Å². The zero-order valence-corrected chi connectivity index (χ0v) is 57.7. The molecule has 0 aromatic carbocycles. The van der Waals surface area contributed by atoms with Crippen molar-refractivity contribution in [3.05, 3.63) is 0 Å². The van der Waals surface area contributed by atoms with E-state index in [0.717, 1.165) is 38.5 Å². The van der Waals surface area contributed by atoms with Crippen molar-refractivity contribution in [2.24, 2.45) is 0 Å². The lowest BCUT2D eigenvalue weighted by atomic mass is 10.0. The van der Waals surface area contributed by atoms with Gasteiger partial charge in [-0.25, -0.2) is 0 Å². The van der Waals surface area contributed by atoms with E-state index in [1.54, 1.807) is 0 Å². The second-order valence-electron chi connectivity index (χ2n) is 27.4. The number of ether oxygens (including phenoxy) is 1. The molecule has 0 aliphatic rings. The Kier molecular flexibility index (Phi) is 73.3. The molecule has 0 spiro atoms. The maximum atomic E-state index is 12.6. The molecule has 0 saturated heterocycles. The number of rotatable bonds is 75. The molecule has 6 nitrogen and oxygen atoms in total. The lowest BCUT2D eigenvalue weighted by molar-refractivity contribution is -0.143. The minimum Gasteiger partial charge on any atom is -0.466 e. The summed E-state index contributed by atoms with van der Waals surface area (Å²) in [5.74, 6) is 0.00133. The summed E-state index contributed by atoms with van der Waals surface area (Å²) in [7, 11) is 0. The highest BCUT2D eigenvalue weighted by atomic mass is 16.5. The number of carbonyl (C=O) groups excluding carboxylic acids is 2. The van der Waals surface area contributed by atoms with Crippen LogP contribution in [-0.2, 0) is 14.3 Å². The number of carbonyl (C=O) groups is 2. The molecule has 0 aromatic heterocycles. The molecule has 0 aliphatic carbocycles. The Morgan fingerprint density at radius 3 is 0.726 bits per heavy atom. The van der Waals surface area contributed by atoms with Crippen LogP contribution in [0.4, 0.5) is 0 Å². The predicted octanol–water partition coefficient (Wildman–Crippen LogP) is 25.7. The average molecular weight is 1190 g/mol. The smallest absolute Gasteiger partial charge is 0.305 e. The van der Waals surface area contributed by atoms with E-state index >= 15 is 0 Å². The van der Waals surface area contributed by atoms with Crippen molar-refractivity contribution in [3.63, 3.8) is 0 Å². The number of hydrogen-bond donors (Lipinski definition) is 3. The molecular formula is C78H155NO5. The molecule has 0 bridgehead atoms. The van der Waals surface area contributed by atoms with Crippen LogP contribution in [0.3, 0.4) is 0 Å². The zero-order valence-electron chi connectivity index (χ0n) is 57.7. The number of esters is 1. The Morgan fingerprint density at radius 2 is 0.488 bits per heavy atom. The molecule has 84 heavy (non-hydrogen) atoms. The molecule has 0 radical (unpaired) electrons. The fraction of sp³-hybridized carbons (Fsp3) is 0.974. The summed E-state index contributed by atoms with van der Waals surface area (Å²) in [4.78, 5) is 24.7. The fourth-order valence-electron chi connectivity index (χ4n) is 12.9. The number of unbranched alkanes of at least 4 members (excludes halogenated alkanes) is 64. The SMILES string of the molecule is CCCCCCCCCCCCCCCCCCCCCC(O)C(CO)NC(=O)CCCCCCCCCCCCCCCCCCCCCCCCCCCCCCCCCCOC(=O)CCCCCCCCCCCCCCCCCC. The number of aliphatic hydroxyl groups is 2. The maximum Gasteiger partial charge on any atom is 0.305 e. The standard InChI is InChI=1S/C78H155NO5/c1-3-5-7-9-11-13-15-17-19-21-36-39-42-46-50-54-58-62-66-70-76(81)75(74-80)79-77(82)71-67-63-59-55-51-47-43-40-37-34-32-30-28-26-24-22-23-25-27-29-31-33-35-38-41-45-49-53-57-61-65-69-73-84-78(83)72-68-64-60-56-52-48-44-20-18-16-14-12-10-8-6-4-2/h75-76,80-81H,3-74H2,1-2H3,(H,79,82). The third kappa shape index (κ3) is 70.0. The quantitative estimate of drug-likeness (QED) is 0.0417. The van der Waals surface area contributed by atoms with Gasteiger partial charge in [0.2, 0.25) is 5.91 Å². The third-order valence-corrected chi connectivity index (χ3v) is 18.9. The second-order valence-corrected chi connectivity index (χ2v) is 27.4. The predicted molar refractivity (Wildman–Crippen MR) is 371 cm³/mol. The summed E-state index contributed by atoms with van der Waals surface area (Å²) in [6.07, 6.45) is 91.9. The van der Waals surface area contributed by atoms with Crippen molar-refractivity contribution in [2.75, 3.05) is 13.2 Å².